The molecule has 0 aliphatic heterocycles. The normalized spacial score (nSPS) is 10.6. The highest BCUT2D eigenvalue weighted by Crippen LogP contribution is 1.89. The zero-order chi connectivity index (χ0) is 20.5. The Morgan fingerprint density at radius 3 is 1.50 bits per heavy atom. The van der Waals surface area contributed by atoms with Crippen LogP contribution >= 0.6 is 0 Å². The summed E-state index contributed by atoms with van der Waals surface area (Å²) in [6.07, 6.45) is 0.259. The molecule has 0 rings (SSSR count). The second-order valence-electron chi connectivity index (χ2n) is 5.18. The molecule has 0 amide bonds. The minimum atomic E-state index is -0.251. The van der Waals surface area contributed by atoms with E-state index in [1.165, 1.54) is 0 Å². The molecule has 0 spiro atoms. The van der Waals surface area contributed by atoms with Gasteiger partial charge in [-0.25, -0.2) is 0 Å². The number of carbonyl (C=O) groups is 1. The topological polar surface area (TPSA) is 130 Å². The van der Waals surface area contributed by atoms with E-state index in [1.54, 1.807) is 6.92 Å². The van der Waals surface area contributed by atoms with Gasteiger partial charge in [0.15, 0.2) is 0 Å². The van der Waals surface area contributed by atoms with Gasteiger partial charge in [-0.3, -0.25) is 4.79 Å². The first-order chi connectivity index (χ1) is 13.8. The number of azide groups is 1. The maximum Gasteiger partial charge on any atom is 0.308 e. The van der Waals surface area contributed by atoms with Gasteiger partial charge in [0.1, 0.15) is 0 Å². The zero-order valence-electron chi connectivity index (χ0n) is 16.7. The lowest BCUT2D eigenvalue weighted by Gasteiger charge is -2.08. The van der Waals surface area contributed by atoms with Gasteiger partial charge in [0.05, 0.1) is 92.3 Å². The molecule has 0 fully saturated rings. The first kappa shape index (κ1) is 26.5. The quantitative estimate of drug-likeness (QED) is 0.0864. The van der Waals surface area contributed by atoms with Crippen LogP contribution in [-0.4, -0.2) is 98.4 Å². The van der Waals surface area contributed by atoms with Crippen LogP contribution in [0.2, 0.25) is 0 Å². The zero-order valence-corrected chi connectivity index (χ0v) is 16.7. The van der Waals surface area contributed by atoms with Crippen molar-refractivity contribution in [2.75, 3.05) is 92.4 Å². The Morgan fingerprint density at radius 1 is 0.714 bits per heavy atom. The molecule has 0 aliphatic rings. The highest BCUT2D eigenvalue weighted by atomic mass is 16.6. The summed E-state index contributed by atoms with van der Waals surface area (Å²) in [5, 5.41) is 3.35. The molecule has 0 aliphatic carbocycles. The summed E-state index contributed by atoms with van der Waals surface area (Å²) >= 11 is 0. The van der Waals surface area contributed by atoms with Crippen LogP contribution in [0.3, 0.4) is 0 Å². The van der Waals surface area contributed by atoms with Crippen LogP contribution in [0.1, 0.15) is 13.3 Å². The van der Waals surface area contributed by atoms with Crippen LogP contribution in [0.25, 0.3) is 10.4 Å². The molecule has 0 unspecified atom stereocenters. The van der Waals surface area contributed by atoms with E-state index in [0.717, 1.165) is 0 Å². The predicted molar refractivity (Wildman–Crippen MR) is 100 cm³/mol. The summed E-state index contributed by atoms with van der Waals surface area (Å²) < 4.78 is 36.6. The highest BCUT2D eigenvalue weighted by Gasteiger charge is 2.00. The fraction of sp³-hybridized carbons (Fsp3) is 0.941. The standard InChI is InChI=1S/C17H33N3O8/c1-2-28-17(21)3-5-22-7-9-24-11-13-26-15-16-27-14-12-25-10-8-23-6-4-19-20-18/h2-16H2,1H3. The Balaban J connectivity index is 3.05. The molecular formula is C17H33N3O8. The Labute approximate surface area is 166 Å². The van der Waals surface area contributed by atoms with E-state index in [9.17, 15) is 4.79 Å². The van der Waals surface area contributed by atoms with Crippen LogP contribution in [-0.2, 0) is 38.0 Å². The Hall–Kier alpha value is -1.46. The molecule has 0 N–H and O–H groups in total. The molecule has 0 saturated heterocycles. The summed E-state index contributed by atoms with van der Waals surface area (Å²) in [7, 11) is 0. The van der Waals surface area contributed by atoms with Gasteiger partial charge >= 0.3 is 5.97 Å². The monoisotopic (exact) mass is 407 g/mol. The first-order valence-electron chi connectivity index (χ1n) is 9.44. The lowest BCUT2D eigenvalue weighted by Crippen LogP contribution is -2.14. The summed E-state index contributed by atoms with van der Waals surface area (Å²) in [4.78, 5) is 13.7. The predicted octanol–water partition coefficient (Wildman–Crippen LogP) is 1.35. The van der Waals surface area contributed by atoms with E-state index in [-0.39, 0.29) is 12.4 Å². The average Bonchev–Trinajstić information content (AvgIpc) is 2.69. The molecule has 0 bridgehead atoms. The van der Waals surface area contributed by atoms with Crippen molar-refractivity contribution >= 4 is 5.97 Å². The second kappa shape index (κ2) is 23.6. The molecule has 0 aromatic carbocycles. The van der Waals surface area contributed by atoms with E-state index in [1.807, 2.05) is 0 Å². The minimum Gasteiger partial charge on any atom is -0.466 e. The maximum absolute atomic E-state index is 11.1. The summed E-state index contributed by atoms with van der Waals surface area (Å²) in [6, 6.07) is 0. The number of nitrogens with zero attached hydrogens (tertiary/aromatic N) is 3. The third-order valence-corrected chi connectivity index (χ3v) is 3.01. The minimum absolute atomic E-state index is 0.251. The Kier molecular flexibility index (Phi) is 22.3. The van der Waals surface area contributed by atoms with Crippen molar-refractivity contribution in [3.8, 4) is 0 Å². The van der Waals surface area contributed by atoms with E-state index in [0.29, 0.717) is 92.4 Å². The van der Waals surface area contributed by atoms with E-state index in [4.69, 9.17) is 38.7 Å². The van der Waals surface area contributed by atoms with Crippen molar-refractivity contribution in [2.24, 2.45) is 5.11 Å². The van der Waals surface area contributed by atoms with Crippen LogP contribution in [0, 0.1) is 0 Å². The lowest BCUT2D eigenvalue weighted by atomic mass is 10.5. The molecule has 0 aromatic rings. The Bertz CT molecular complexity index is 395. The van der Waals surface area contributed by atoms with Gasteiger partial charge in [0.25, 0.3) is 0 Å². The Morgan fingerprint density at radius 2 is 1.11 bits per heavy atom. The number of hydrogen-bond donors (Lipinski definition) is 0. The number of rotatable bonds is 22. The van der Waals surface area contributed by atoms with Gasteiger partial charge in [-0.15, -0.1) is 0 Å². The fourth-order valence-electron chi connectivity index (χ4n) is 1.74. The summed E-state index contributed by atoms with van der Waals surface area (Å²) in [5.74, 6) is -0.251. The first-order valence-corrected chi connectivity index (χ1v) is 9.44. The lowest BCUT2D eigenvalue weighted by molar-refractivity contribution is -0.144. The van der Waals surface area contributed by atoms with E-state index >= 15 is 0 Å². The fourth-order valence-corrected chi connectivity index (χ4v) is 1.74. The van der Waals surface area contributed by atoms with Crippen molar-refractivity contribution < 1.29 is 38.0 Å². The number of carbonyl (C=O) groups excluding carboxylic acids is 1. The van der Waals surface area contributed by atoms with Gasteiger partial charge in [0.2, 0.25) is 0 Å². The highest BCUT2D eigenvalue weighted by molar-refractivity contribution is 5.69. The third kappa shape index (κ3) is 22.6. The van der Waals surface area contributed by atoms with Gasteiger partial charge in [0, 0.05) is 11.5 Å². The molecule has 164 valence electrons. The van der Waals surface area contributed by atoms with Crippen LogP contribution < -0.4 is 0 Å². The van der Waals surface area contributed by atoms with E-state index in [2.05, 4.69) is 10.0 Å². The van der Waals surface area contributed by atoms with Crippen molar-refractivity contribution in [1.29, 1.82) is 0 Å². The largest absolute Gasteiger partial charge is 0.466 e. The molecule has 0 aromatic heterocycles. The van der Waals surface area contributed by atoms with Gasteiger partial charge < -0.3 is 33.2 Å². The second-order valence-corrected chi connectivity index (χ2v) is 5.18. The molecular weight excluding hydrogens is 374 g/mol. The molecule has 0 saturated carbocycles. The van der Waals surface area contributed by atoms with Crippen molar-refractivity contribution in [1.82, 2.24) is 0 Å². The van der Waals surface area contributed by atoms with Crippen LogP contribution in [0.15, 0.2) is 5.11 Å². The third-order valence-electron chi connectivity index (χ3n) is 3.01. The SMILES string of the molecule is CCOC(=O)CCOCCOCCOCCOCCOCCOCCN=[N+]=[N-]. The van der Waals surface area contributed by atoms with Crippen molar-refractivity contribution in [3.63, 3.8) is 0 Å². The smallest absolute Gasteiger partial charge is 0.308 e. The van der Waals surface area contributed by atoms with Gasteiger partial charge in [-0.05, 0) is 12.5 Å². The number of hydrogen-bond acceptors (Lipinski definition) is 9. The molecule has 28 heavy (non-hydrogen) atoms. The van der Waals surface area contributed by atoms with Crippen LogP contribution in [0.5, 0.6) is 0 Å². The summed E-state index contributed by atoms with van der Waals surface area (Å²) in [5.41, 5.74) is 8.08. The molecule has 11 nitrogen and oxygen atoms in total. The summed E-state index contributed by atoms with van der Waals surface area (Å²) in [6.45, 7) is 7.95. The molecule has 0 heterocycles. The van der Waals surface area contributed by atoms with Gasteiger partial charge in [-0.1, -0.05) is 5.11 Å². The molecule has 11 heteroatoms. The van der Waals surface area contributed by atoms with E-state index < -0.39 is 0 Å². The molecule has 0 radical (unpaired) electrons. The van der Waals surface area contributed by atoms with Gasteiger partial charge in [-0.2, -0.15) is 0 Å². The van der Waals surface area contributed by atoms with Crippen LogP contribution in [0.4, 0.5) is 0 Å². The average molecular weight is 407 g/mol. The van der Waals surface area contributed by atoms with Crippen molar-refractivity contribution in [3.05, 3.63) is 10.4 Å². The molecule has 0 atom stereocenters. The van der Waals surface area contributed by atoms with Crippen molar-refractivity contribution in [2.45, 2.75) is 13.3 Å². The number of ether oxygens (including phenoxy) is 7. The maximum atomic E-state index is 11.1. The number of esters is 1.